The number of ketones is 1. The van der Waals surface area contributed by atoms with Crippen LogP contribution in [0.3, 0.4) is 0 Å². The van der Waals surface area contributed by atoms with Crippen molar-refractivity contribution in [3.8, 4) is 11.8 Å². The minimum atomic E-state index is -0.865. The minimum absolute atomic E-state index is 0.290. The molecule has 2 aromatic rings. The van der Waals surface area contributed by atoms with Gasteiger partial charge in [-0.1, -0.05) is 28.1 Å². The van der Waals surface area contributed by atoms with Gasteiger partial charge in [0.15, 0.2) is 18.5 Å². The second kappa shape index (κ2) is 8.27. The summed E-state index contributed by atoms with van der Waals surface area (Å²) < 4.78 is 11.3. The maximum Gasteiger partial charge on any atom is 0.347 e. The van der Waals surface area contributed by atoms with Gasteiger partial charge in [0, 0.05) is 10.0 Å². The van der Waals surface area contributed by atoms with Crippen molar-refractivity contribution in [2.45, 2.75) is 13.0 Å². The molecule has 2 rings (SSSR count). The average Bonchev–Trinajstić information content (AvgIpc) is 2.60. The number of hydrogen-bond donors (Lipinski definition) is 0. The summed E-state index contributed by atoms with van der Waals surface area (Å²) in [6.07, 6.45) is -0.865. The highest BCUT2D eigenvalue weighted by Crippen LogP contribution is 2.14. The molecular formula is C18H14BrNO4. The van der Waals surface area contributed by atoms with Gasteiger partial charge < -0.3 is 9.47 Å². The van der Waals surface area contributed by atoms with Crippen molar-refractivity contribution in [1.82, 2.24) is 0 Å². The Morgan fingerprint density at radius 3 is 2.33 bits per heavy atom. The number of carbonyl (C=O) groups is 2. The van der Waals surface area contributed by atoms with Crippen molar-refractivity contribution in [3.05, 3.63) is 64.1 Å². The molecule has 6 heteroatoms. The summed E-state index contributed by atoms with van der Waals surface area (Å²) in [6, 6.07) is 15.1. The number of rotatable bonds is 6. The third-order valence-corrected chi connectivity index (χ3v) is 3.67. The number of Topliss-reactive ketones (excluding diaryl/α,β-unsaturated/α-hetero) is 1. The predicted octanol–water partition coefficient (Wildman–Crippen LogP) is 3.51. The molecule has 0 fully saturated rings. The first kappa shape index (κ1) is 17.7. The van der Waals surface area contributed by atoms with E-state index in [0.29, 0.717) is 16.9 Å². The summed E-state index contributed by atoms with van der Waals surface area (Å²) in [5.74, 6) is -0.482. The lowest BCUT2D eigenvalue weighted by molar-refractivity contribution is -0.149. The van der Waals surface area contributed by atoms with E-state index in [2.05, 4.69) is 15.9 Å². The minimum Gasteiger partial charge on any atom is -0.479 e. The van der Waals surface area contributed by atoms with Crippen molar-refractivity contribution in [2.24, 2.45) is 0 Å². The molecule has 0 spiro atoms. The molecule has 5 nitrogen and oxygen atoms in total. The summed E-state index contributed by atoms with van der Waals surface area (Å²) in [5, 5.41) is 8.73. The molecule has 0 N–H and O–H groups in total. The Hall–Kier alpha value is -2.65. The third kappa shape index (κ3) is 4.93. The highest BCUT2D eigenvalue weighted by atomic mass is 79.9. The number of carbonyl (C=O) groups excluding carboxylic acids is 2. The number of nitriles is 1. The van der Waals surface area contributed by atoms with Crippen molar-refractivity contribution in [2.75, 3.05) is 6.61 Å². The number of esters is 1. The SMILES string of the molecule is C[C@H](Oc1ccc(C#N)cc1)C(=O)OCC(=O)c1ccc(Br)cc1. The zero-order valence-electron chi connectivity index (χ0n) is 12.9. The largest absolute Gasteiger partial charge is 0.479 e. The van der Waals surface area contributed by atoms with Crippen LogP contribution in [-0.4, -0.2) is 24.5 Å². The fourth-order valence-corrected chi connectivity index (χ4v) is 2.10. The summed E-state index contributed by atoms with van der Waals surface area (Å²) in [5.41, 5.74) is 0.962. The van der Waals surface area contributed by atoms with Crippen LogP contribution < -0.4 is 4.74 Å². The molecule has 0 radical (unpaired) electrons. The van der Waals surface area contributed by atoms with E-state index < -0.39 is 12.1 Å². The number of benzene rings is 2. The lowest BCUT2D eigenvalue weighted by atomic mass is 10.1. The summed E-state index contributed by atoms with van der Waals surface area (Å²) in [6.45, 7) is 1.19. The van der Waals surface area contributed by atoms with Crippen LogP contribution in [0, 0.1) is 11.3 Å². The molecule has 0 aliphatic rings. The van der Waals surface area contributed by atoms with Crippen LogP contribution in [0.2, 0.25) is 0 Å². The van der Waals surface area contributed by atoms with E-state index >= 15 is 0 Å². The standard InChI is InChI=1S/C18H14BrNO4/c1-12(24-16-8-2-13(10-20)3-9-16)18(22)23-11-17(21)14-4-6-15(19)7-5-14/h2-9,12H,11H2,1H3/t12-/m0/s1. The Kier molecular flexibility index (Phi) is 6.10. The van der Waals surface area contributed by atoms with E-state index in [1.165, 1.54) is 6.92 Å². The molecule has 0 saturated heterocycles. The Bertz CT molecular complexity index is 763. The van der Waals surface area contributed by atoms with E-state index in [-0.39, 0.29) is 12.4 Å². The third-order valence-electron chi connectivity index (χ3n) is 3.14. The average molecular weight is 388 g/mol. The second-order valence-corrected chi connectivity index (χ2v) is 5.85. The van der Waals surface area contributed by atoms with Gasteiger partial charge in [-0.2, -0.15) is 5.26 Å². The monoisotopic (exact) mass is 387 g/mol. The van der Waals surface area contributed by atoms with Gasteiger partial charge in [0.25, 0.3) is 0 Å². The van der Waals surface area contributed by atoms with Gasteiger partial charge in [-0.3, -0.25) is 4.79 Å². The molecule has 122 valence electrons. The van der Waals surface area contributed by atoms with Gasteiger partial charge in [0.05, 0.1) is 11.6 Å². The van der Waals surface area contributed by atoms with Gasteiger partial charge in [0.1, 0.15) is 5.75 Å². The van der Waals surface area contributed by atoms with E-state index in [9.17, 15) is 9.59 Å². The maximum absolute atomic E-state index is 11.9. The first-order valence-electron chi connectivity index (χ1n) is 7.12. The summed E-state index contributed by atoms with van der Waals surface area (Å²) in [7, 11) is 0. The van der Waals surface area contributed by atoms with Crippen molar-refractivity contribution >= 4 is 27.7 Å². The molecular weight excluding hydrogens is 374 g/mol. The van der Waals surface area contributed by atoms with Crippen molar-refractivity contribution in [3.63, 3.8) is 0 Å². The second-order valence-electron chi connectivity index (χ2n) is 4.93. The molecule has 0 saturated carbocycles. The van der Waals surface area contributed by atoms with E-state index in [1.807, 2.05) is 6.07 Å². The molecule has 24 heavy (non-hydrogen) atoms. The molecule has 0 aliphatic heterocycles. The number of ether oxygens (including phenoxy) is 2. The lowest BCUT2D eigenvalue weighted by Gasteiger charge is -2.13. The van der Waals surface area contributed by atoms with Crippen LogP contribution in [0.15, 0.2) is 53.0 Å². The Balaban J connectivity index is 1.85. The van der Waals surface area contributed by atoms with Crippen molar-refractivity contribution < 1.29 is 19.1 Å². The van der Waals surface area contributed by atoms with Crippen LogP contribution in [0.25, 0.3) is 0 Å². The number of nitrogens with zero attached hydrogens (tertiary/aromatic N) is 1. The van der Waals surface area contributed by atoms with Gasteiger partial charge in [-0.05, 0) is 43.3 Å². The topological polar surface area (TPSA) is 76.4 Å². The molecule has 0 aromatic heterocycles. The van der Waals surface area contributed by atoms with E-state index in [1.54, 1.807) is 48.5 Å². The zero-order chi connectivity index (χ0) is 17.5. The highest BCUT2D eigenvalue weighted by molar-refractivity contribution is 9.10. The van der Waals surface area contributed by atoms with Crippen LogP contribution in [0.4, 0.5) is 0 Å². The normalized spacial score (nSPS) is 11.2. The Morgan fingerprint density at radius 1 is 1.12 bits per heavy atom. The summed E-state index contributed by atoms with van der Waals surface area (Å²) in [4.78, 5) is 23.8. The Labute approximate surface area is 147 Å². The number of halogens is 1. The first-order chi connectivity index (χ1) is 11.5. The molecule has 0 unspecified atom stereocenters. The van der Waals surface area contributed by atoms with Gasteiger partial charge in [-0.15, -0.1) is 0 Å². The number of hydrogen-bond acceptors (Lipinski definition) is 5. The van der Waals surface area contributed by atoms with Crippen LogP contribution in [0.1, 0.15) is 22.8 Å². The van der Waals surface area contributed by atoms with E-state index in [0.717, 1.165) is 4.47 Å². The lowest BCUT2D eigenvalue weighted by Crippen LogP contribution is -2.28. The van der Waals surface area contributed by atoms with Gasteiger partial charge >= 0.3 is 5.97 Å². The molecule has 0 aliphatic carbocycles. The zero-order valence-corrected chi connectivity index (χ0v) is 14.4. The smallest absolute Gasteiger partial charge is 0.347 e. The molecule has 0 bridgehead atoms. The molecule has 1 atom stereocenters. The maximum atomic E-state index is 11.9. The highest BCUT2D eigenvalue weighted by Gasteiger charge is 2.18. The predicted molar refractivity (Wildman–Crippen MR) is 90.7 cm³/mol. The van der Waals surface area contributed by atoms with E-state index in [4.69, 9.17) is 14.7 Å². The first-order valence-corrected chi connectivity index (χ1v) is 7.91. The Morgan fingerprint density at radius 2 is 1.75 bits per heavy atom. The van der Waals surface area contributed by atoms with Crippen LogP contribution >= 0.6 is 15.9 Å². The fraction of sp³-hybridized carbons (Fsp3) is 0.167. The van der Waals surface area contributed by atoms with Crippen LogP contribution in [0.5, 0.6) is 5.75 Å². The van der Waals surface area contributed by atoms with Crippen LogP contribution in [-0.2, 0) is 9.53 Å². The quantitative estimate of drug-likeness (QED) is 0.559. The molecule has 0 heterocycles. The van der Waals surface area contributed by atoms with Crippen molar-refractivity contribution in [1.29, 1.82) is 5.26 Å². The van der Waals surface area contributed by atoms with Gasteiger partial charge in [-0.25, -0.2) is 4.79 Å². The fourth-order valence-electron chi connectivity index (χ4n) is 1.83. The summed E-state index contributed by atoms with van der Waals surface area (Å²) >= 11 is 3.29. The molecule has 2 aromatic carbocycles. The van der Waals surface area contributed by atoms with Gasteiger partial charge in [0.2, 0.25) is 0 Å². The molecule has 0 amide bonds.